The molecule has 2 aromatic carbocycles. The number of rotatable bonds is 2. The van der Waals surface area contributed by atoms with Crippen LogP contribution in [0.3, 0.4) is 0 Å². The molecular weight excluding hydrogens is 202 g/mol. The normalized spacial score (nSPS) is 16.3. The summed E-state index contributed by atoms with van der Waals surface area (Å²) in [6.45, 7) is 0. The van der Waals surface area contributed by atoms with E-state index >= 15 is 0 Å². The van der Waals surface area contributed by atoms with E-state index in [-0.39, 0.29) is 0 Å². The minimum Gasteiger partial charge on any atom is -0.380 e. The van der Waals surface area contributed by atoms with Gasteiger partial charge in [-0.2, -0.15) is 11.8 Å². The van der Waals surface area contributed by atoms with Crippen molar-refractivity contribution in [2.24, 2.45) is 0 Å². The molecule has 0 saturated carbocycles. The van der Waals surface area contributed by atoms with E-state index in [0.717, 1.165) is 0 Å². The summed E-state index contributed by atoms with van der Waals surface area (Å²) >= 11 is 2.01. The summed E-state index contributed by atoms with van der Waals surface area (Å²) in [7, 11) is 0. The summed E-state index contributed by atoms with van der Waals surface area (Å²) in [6.07, 6.45) is 0. The van der Waals surface area contributed by atoms with E-state index in [9.17, 15) is 0 Å². The second-order valence-corrected chi connectivity index (χ2v) is 4.98. The first kappa shape index (κ1) is 9.10. The van der Waals surface area contributed by atoms with Crippen LogP contribution in [0.1, 0.15) is 0 Å². The van der Waals surface area contributed by atoms with E-state index in [1.54, 1.807) is 0 Å². The number of nitrogens with one attached hydrogen (secondary N) is 1. The number of hydrogen-bond donors (Lipinski definition) is 1. The molecule has 15 heavy (non-hydrogen) atoms. The summed E-state index contributed by atoms with van der Waals surface area (Å²) in [4.78, 5) is 0. The van der Waals surface area contributed by atoms with Crippen LogP contribution in [-0.2, 0) is 0 Å². The maximum atomic E-state index is 3.60. The molecule has 0 atom stereocenters. The van der Waals surface area contributed by atoms with Gasteiger partial charge >= 0.3 is 0 Å². The van der Waals surface area contributed by atoms with Crippen molar-refractivity contribution >= 4 is 28.2 Å². The van der Waals surface area contributed by atoms with Crippen molar-refractivity contribution in [2.45, 2.75) is 6.04 Å². The van der Waals surface area contributed by atoms with Gasteiger partial charge in [-0.3, -0.25) is 0 Å². The number of benzene rings is 2. The number of fused-ring (bicyclic) bond motifs is 1. The molecule has 1 N–H and O–H groups in total. The molecule has 0 amide bonds. The third-order valence-corrected chi connectivity index (χ3v) is 4.06. The highest BCUT2D eigenvalue weighted by atomic mass is 32.2. The van der Waals surface area contributed by atoms with Crippen molar-refractivity contribution in [1.29, 1.82) is 0 Å². The second kappa shape index (κ2) is 3.78. The van der Waals surface area contributed by atoms with E-state index in [1.165, 1.54) is 28.0 Å². The molecule has 2 aromatic rings. The van der Waals surface area contributed by atoms with Crippen LogP contribution >= 0.6 is 11.8 Å². The summed E-state index contributed by atoms with van der Waals surface area (Å²) in [6, 6.07) is 15.7. The molecule has 2 heteroatoms. The first-order chi connectivity index (χ1) is 7.43. The Bertz CT molecular complexity index is 471. The van der Waals surface area contributed by atoms with Gasteiger partial charge in [0.1, 0.15) is 0 Å². The molecule has 1 fully saturated rings. The van der Waals surface area contributed by atoms with Crippen LogP contribution in [0.4, 0.5) is 5.69 Å². The lowest BCUT2D eigenvalue weighted by atomic mass is 10.1. The topological polar surface area (TPSA) is 12.0 Å². The predicted octanol–water partition coefficient (Wildman–Crippen LogP) is 3.37. The first-order valence-electron chi connectivity index (χ1n) is 5.25. The first-order valence-corrected chi connectivity index (χ1v) is 6.41. The zero-order valence-corrected chi connectivity index (χ0v) is 9.26. The maximum absolute atomic E-state index is 3.60. The van der Waals surface area contributed by atoms with Gasteiger partial charge in [0, 0.05) is 28.6 Å². The van der Waals surface area contributed by atoms with Gasteiger partial charge in [0.05, 0.1) is 0 Å². The fourth-order valence-corrected chi connectivity index (χ4v) is 2.53. The highest BCUT2D eigenvalue weighted by molar-refractivity contribution is 8.00. The van der Waals surface area contributed by atoms with Crippen molar-refractivity contribution in [3.8, 4) is 0 Å². The fraction of sp³-hybridized carbons (Fsp3) is 0.231. The fourth-order valence-electron chi connectivity index (χ4n) is 1.89. The van der Waals surface area contributed by atoms with Gasteiger partial charge in [-0.05, 0) is 11.5 Å². The van der Waals surface area contributed by atoms with Gasteiger partial charge in [0.2, 0.25) is 0 Å². The SMILES string of the molecule is c1ccc2c(NC3CSC3)cccc2c1. The van der Waals surface area contributed by atoms with E-state index in [4.69, 9.17) is 0 Å². The standard InChI is InChI=1S/C13H13NS/c1-2-6-12-10(4-1)5-3-7-13(12)14-11-8-15-9-11/h1-7,11,14H,8-9H2. The lowest BCUT2D eigenvalue weighted by Gasteiger charge is -2.27. The summed E-state index contributed by atoms with van der Waals surface area (Å²) in [5.74, 6) is 2.48. The average Bonchev–Trinajstić information content (AvgIpc) is 2.23. The quantitative estimate of drug-likeness (QED) is 0.824. The van der Waals surface area contributed by atoms with E-state index in [1.807, 2.05) is 11.8 Å². The Kier molecular flexibility index (Phi) is 2.29. The van der Waals surface area contributed by atoms with Gasteiger partial charge in [0.15, 0.2) is 0 Å². The molecular formula is C13H13NS. The van der Waals surface area contributed by atoms with Crippen LogP contribution in [0.15, 0.2) is 42.5 Å². The van der Waals surface area contributed by atoms with Crippen LogP contribution in [0, 0.1) is 0 Å². The van der Waals surface area contributed by atoms with Crippen molar-refractivity contribution in [3.63, 3.8) is 0 Å². The molecule has 1 saturated heterocycles. The largest absolute Gasteiger partial charge is 0.380 e. The molecule has 0 radical (unpaired) electrons. The third kappa shape index (κ3) is 1.70. The highest BCUT2D eigenvalue weighted by Crippen LogP contribution is 2.27. The lowest BCUT2D eigenvalue weighted by molar-refractivity contribution is 0.884. The van der Waals surface area contributed by atoms with Crippen molar-refractivity contribution in [2.75, 3.05) is 16.8 Å². The van der Waals surface area contributed by atoms with E-state index in [0.29, 0.717) is 6.04 Å². The smallest absolute Gasteiger partial charge is 0.0442 e. The van der Waals surface area contributed by atoms with Crippen LogP contribution in [0.5, 0.6) is 0 Å². The molecule has 76 valence electrons. The van der Waals surface area contributed by atoms with E-state index in [2.05, 4.69) is 47.8 Å². The lowest BCUT2D eigenvalue weighted by Crippen LogP contribution is -2.33. The molecule has 0 spiro atoms. The third-order valence-electron chi connectivity index (χ3n) is 2.79. The van der Waals surface area contributed by atoms with Crippen molar-refractivity contribution in [3.05, 3.63) is 42.5 Å². The molecule has 0 unspecified atom stereocenters. The molecule has 0 aromatic heterocycles. The maximum Gasteiger partial charge on any atom is 0.0442 e. The summed E-state index contributed by atoms with van der Waals surface area (Å²) in [5, 5.41) is 6.25. The Morgan fingerprint density at radius 1 is 1.00 bits per heavy atom. The van der Waals surface area contributed by atoms with E-state index < -0.39 is 0 Å². The molecule has 0 bridgehead atoms. The van der Waals surface area contributed by atoms with Crippen LogP contribution in [0.2, 0.25) is 0 Å². The van der Waals surface area contributed by atoms with Crippen LogP contribution in [-0.4, -0.2) is 17.5 Å². The summed E-state index contributed by atoms with van der Waals surface area (Å²) in [5.41, 5.74) is 1.28. The zero-order chi connectivity index (χ0) is 10.1. The number of anilines is 1. The molecule has 1 nitrogen and oxygen atoms in total. The van der Waals surface area contributed by atoms with Gasteiger partial charge in [-0.1, -0.05) is 36.4 Å². The Morgan fingerprint density at radius 2 is 1.80 bits per heavy atom. The molecule has 3 rings (SSSR count). The van der Waals surface area contributed by atoms with Gasteiger partial charge < -0.3 is 5.32 Å². The average molecular weight is 215 g/mol. The van der Waals surface area contributed by atoms with Crippen molar-refractivity contribution < 1.29 is 0 Å². The monoisotopic (exact) mass is 215 g/mol. The molecule has 1 heterocycles. The summed E-state index contributed by atoms with van der Waals surface area (Å²) < 4.78 is 0. The van der Waals surface area contributed by atoms with Gasteiger partial charge in [-0.15, -0.1) is 0 Å². The minimum absolute atomic E-state index is 0.667. The van der Waals surface area contributed by atoms with Crippen LogP contribution in [0.25, 0.3) is 10.8 Å². The number of thioether (sulfide) groups is 1. The predicted molar refractivity (Wildman–Crippen MR) is 68.7 cm³/mol. The van der Waals surface area contributed by atoms with Gasteiger partial charge in [-0.25, -0.2) is 0 Å². The van der Waals surface area contributed by atoms with Gasteiger partial charge in [0.25, 0.3) is 0 Å². The minimum atomic E-state index is 0.667. The molecule has 1 aliphatic heterocycles. The van der Waals surface area contributed by atoms with Crippen LogP contribution < -0.4 is 5.32 Å². The second-order valence-electron chi connectivity index (χ2n) is 3.91. The Labute approximate surface area is 93.9 Å². The zero-order valence-electron chi connectivity index (χ0n) is 8.44. The Hall–Kier alpha value is -1.15. The van der Waals surface area contributed by atoms with Crippen molar-refractivity contribution in [1.82, 2.24) is 0 Å². The highest BCUT2D eigenvalue weighted by Gasteiger charge is 2.17. The molecule has 1 aliphatic rings. The molecule has 0 aliphatic carbocycles. The Balaban J connectivity index is 2.01. The Morgan fingerprint density at radius 3 is 2.60 bits per heavy atom. The number of hydrogen-bond acceptors (Lipinski definition) is 2.